The van der Waals surface area contributed by atoms with E-state index in [4.69, 9.17) is 4.74 Å². The van der Waals surface area contributed by atoms with Gasteiger partial charge in [0.05, 0.1) is 17.2 Å². The zero-order valence-corrected chi connectivity index (χ0v) is 16.0. The van der Waals surface area contributed by atoms with Gasteiger partial charge >= 0.3 is 5.97 Å². The summed E-state index contributed by atoms with van der Waals surface area (Å²) >= 11 is 0. The number of nitrogens with one attached hydrogen (secondary N) is 1. The number of hydrogen-bond acceptors (Lipinski definition) is 4. The summed E-state index contributed by atoms with van der Waals surface area (Å²) in [7, 11) is 0. The minimum Gasteiger partial charge on any atom is -0.452 e. The topological polar surface area (TPSA) is 79.2 Å². The number of carbonyl (C=O) groups excluding carboxylic acids is 2. The number of ether oxygens (including phenoxy) is 1. The van der Waals surface area contributed by atoms with Crippen molar-refractivity contribution in [1.82, 2.24) is 5.32 Å². The Hall–Kier alpha value is -3.13. The molecule has 0 aromatic heterocycles. The minimum absolute atomic E-state index is 0.148. The highest BCUT2D eigenvalue weighted by Gasteiger charge is 2.23. The van der Waals surface area contributed by atoms with Gasteiger partial charge in [0, 0.05) is 11.6 Å². The Kier molecular flexibility index (Phi) is 6.44. The number of nitrogens with zero attached hydrogens (tertiary/aromatic N) is 1. The van der Waals surface area contributed by atoms with Crippen molar-refractivity contribution in [2.24, 2.45) is 5.92 Å². The Morgan fingerprint density at radius 1 is 1.07 bits per heavy atom. The number of esters is 1. The molecule has 1 aliphatic carbocycles. The molecule has 28 heavy (non-hydrogen) atoms. The smallest absolute Gasteiger partial charge is 0.339 e. The third-order valence-corrected chi connectivity index (χ3v) is 5.28. The Balaban J connectivity index is 1.68. The number of amides is 1. The second-order valence-electron chi connectivity index (χ2n) is 7.21. The molecule has 0 saturated heterocycles. The van der Waals surface area contributed by atoms with Gasteiger partial charge in [0.1, 0.15) is 0 Å². The van der Waals surface area contributed by atoms with Crippen LogP contribution in [0, 0.1) is 17.2 Å². The van der Waals surface area contributed by atoms with Crippen molar-refractivity contribution in [2.75, 3.05) is 6.61 Å². The number of rotatable bonds is 5. The van der Waals surface area contributed by atoms with Gasteiger partial charge in [0.15, 0.2) is 6.61 Å². The van der Waals surface area contributed by atoms with Gasteiger partial charge < -0.3 is 10.1 Å². The molecule has 5 heteroatoms. The highest BCUT2D eigenvalue weighted by atomic mass is 16.5. The summed E-state index contributed by atoms with van der Waals surface area (Å²) in [5, 5.41) is 12.3. The molecule has 0 heterocycles. The van der Waals surface area contributed by atoms with Crippen LogP contribution in [0.3, 0.4) is 0 Å². The van der Waals surface area contributed by atoms with E-state index in [1.807, 2.05) is 6.07 Å². The lowest BCUT2D eigenvalue weighted by Gasteiger charge is -2.29. The van der Waals surface area contributed by atoms with Crippen molar-refractivity contribution in [3.63, 3.8) is 0 Å². The van der Waals surface area contributed by atoms with E-state index in [0.29, 0.717) is 28.2 Å². The molecule has 1 aliphatic rings. The van der Waals surface area contributed by atoms with Crippen LogP contribution in [0.25, 0.3) is 11.1 Å². The highest BCUT2D eigenvalue weighted by molar-refractivity contribution is 5.98. The SMILES string of the molecule is C[C@H]1CCCC[C@H]1NC(=O)COC(=O)c1ccccc1-c1ccccc1C#N. The number of nitriles is 1. The van der Waals surface area contributed by atoms with Crippen molar-refractivity contribution >= 4 is 11.9 Å². The van der Waals surface area contributed by atoms with Crippen LogP contribution in [0.4, 0.5) is 0 Å². The number of carbonyl (C=O) groups is 2. The molecular weight excluding hydrogens is 352 g/mol. The molecule has 144 valence electrons. The maximum absolute atomic E-state index is 12.6. The van der Waals surface area contributed by atoms with E-state index < -0.39 is 5.97 Å². The second-order valence-corrected chi connectivity index (χ2v) is 7.21. The molecular formula is C23H24N2O3. The standard InChI is InChI=1S/C23H24N2O3/c1-16-8-2-7-13-21(16)25-22(26)15-28-23(27)20-12-6-5-11-19(20)18-10-4-3-9-17(18)14-24/h3-6,9-12,16,21H,2,7-8,13,15H2,1H3,(H,25,26)/t16-,21+/m0/s1. The van der Waals surface area contributed by atoms with Crippen LogP contribution in [0.2, 0.25) is 0 Å². The van der Waals surface area contributed by atoms with Crippen molar-refractivity contribution in [3.8, 4) is 17.2 Å². The summed E-state index contributed by atoms with van der Waals surface area (Å²) in [6.07, 6.45) is 4.38. The van der Waals surface area contributed by atoms with Crippen molar-refractivity contribution in [3.05, 3.63) is 59.7 Å². The van der Waals surface area contributed by atoms with Gasteiger partial charge in [0.2, 0.25) is 0 Å². The summed E-state index contributed by atoms with van der Waals surface area (Å²) < 4.78 is 5.27. The van der Waals surface area contributed by atoms with Gasteiger partial charge in [-0.15, -0.1) is 0 Å². The number of benzene rings is 2. The van der Waals surface area contributed by atoms with Crippen LogP contribution in [0.1, 0.15) is 48.5 Å². The van der Waals surface area contributed by atoms with Crippen LogP contribution in [-0.4, -0.2) is 24.5 Å². The Labute approximate surface area is 165 Å². The Morgan fingerprint density at radius 2 is 1.75 bits per heavy atom. The molecule has 1 amide bonds. The third kappa shape index (κ3) is 4.58. The van der Waals surface area contributed by atoms with E-state index >= 15 is 0 Å². The molecule has 0 spiro atoms. The predicted octanol–water partition coefficient (Wildman–Crippen LogP) is 4.08. The monoisotopic (exact) mass is 376 g/mol. The average Bonchev–Trinajstić information content (AvgIpc) is 2.73. The summed E-state index contributed by atoms with van der Waals surface area (Å²) in [6.45, 7) is 1.83. The maximum Gasteiger partial charge on any atom is 0.339 e. The molecule has 2 aromatic rings. The number of hydrogen-bond donors (Lipinski definition) is 1. The molecule has 2 aromatic carbocycles. The van der Waals surface area contributed by atoms with Gasteiger partial charge in [-0.1, -0.05) is 56.2 Å². The quantitative estimate of drug-likeness (QED) is 0.798. The van der Waals surface area contributed by atoms with Gasteiger partial charge in [-0.3, -0.25) is 4.79 Å². The van der Waals surface area contributed by atoms with E-state index in [-0.39, 0.29) is 18.6 Å². The zero-order valence-electron chi connectivity index (χ0n) is 16.0. The van der Waals surface area contributed by atoms with Gasteiger partial charge in [-0.2, -0.15) is 5.26 Å². The van der Waals surface area contributed by atoms with E-state index in [2.05, 4.69) is 18.3 Å². The molecule has 0 aliphatic heterocycles. The lowest BCUT2D eigenvalue weighted by atomic mass is 9.86. The van der Waals surface area contributed by atoms with E-state index in [1.54, 1.807) is 42.5 Å². The molecule has 5 nitrogen and oxygen atoms in total. The van der Waals surface area contributed by atoms with Crippen LogP contribution >= 0.6 is 0 Å². The summed E-state index contributed by atoms with van der Waals surface area (Å²) in [4.78, 5) is 24.8. The minimum atomic E-state index is -0.574. The van der Waals surface area contributed by atoms with E-state index in [9.17, 15) is 14.9 Å². The summed E-state index contributed by atoms with van der Waals surface area (Å²) in [6, 6.07) is 16.3. The fraction of sp³-hybridized carbons (Fsp3) is 0.348. The second kappa shape index (κ2) is 9.18. The molecule has 1 N–H and O–H groups in total. The molecule has 0 bridgehead atoms. The van der Waals surface area contributed by atoms with Gasteiger partial charge in [0.25, 0.3) is 5.91 Å². The highest BCUT2D eigenvalue weighted by Crippen LogP contribution is 2.27. The fourth-order valence-corrected chi connectivity index (χ4v) is 3.70. The van der Waals surface area contributed by atoms with Gasteiger partial charge in [-0.25, -0.2) is 4.79 Å². The first kappa shape index (κ1) is 19.6. The molecule has 2 atom stereocenters. The van der Waals surface area contributed by atoms with Crippen molar-refractivity contribution in [2.45, 2.75) is 38.6 Å². The van der Waals surface area contributed by atoms with Crippen LogP contribution < -0.4 is 5.32 Å². The lowest BCUT2D eigenvalue weighted by molar-refractivity contribution is -0.125. The fourth-order valence-electron chi connectivity index (χ4n) is 3.70. The van der Waals surface area contributed by atoms with Crippen LogP contribution in [0.5, 0.6) is 0 Å². The van der Waals surface area contributed by atoms with Crippen LogP contribution in [0.15, 0.2) is 48.5 Å². The van der Waals surface area contributed by atoms with Crippen molar-refractivity contribution < 1.29 is 14.3 Å². The van der Waals surface area contributed by atoms with E-state index in [0.717, 1.165) is 19.3 Å². The summed E-state index contributed by atoms with van der Waals surface area (Å²) in [5.74, 6) is -0.409. The average molecular weight is 376 g/mol. The van der Waals surface area contributed by atoms with Gasteiger partial charge in [-0.05, 0) is 36.5 Å². The predicted molar refractivity (Wildman–Crippen MR) is 106 cm³/mol. The van der Waals surface area contributed by atoms with Crippen LogP contribution in [-0.2, 0) is 9.53 Å². The molecule has 0 unspecified atom stereocenters. The lowest BCUT2D eigenvalue weighted by Crippen LogP contribution is -2.42. The normalized spacial score (nSPS) is 18.7. The van der Waals surface area contributed by atoms with E-state index in [1.165, 1.54) is 6.42 Å². The Bertz CT molecular complexity index is 901. The Morgan fingerprint density at radius 3 is 2.50 bits per heavy atom. The molecule has 3 rings (SSSR count). The first-order valence-electron chi connectivity index (χ1n) is 9.65. The molecule has 0 radical (unpaired) electrons. The molecule has 1 saturated carbocycles. The molecule has 1 fully saturated rings. The zero-order chi connectivity index (χ0) is 19.9. The first-order chi connectivity index (χ1) is 13.6. The summed E-state index contributed by atoms with van der Waals surface area (Å²) in [5.41, 5.74) is 2.10. The first-order valence-corrected chi connectivity index (χ1v) is 9.65. The third-order valence-electron chi connectivity index (χ3n) is 5.28. The van der Waals surface area contributed by atoms with Crippen molar-refractivity contribution in [1.29, 1.82) is 5.26 Å². The maximum atomic E-state index is 12.6. The largest absolute Gasteiger partial charge is 0.452 e.